The Balaban J connectivity index is 2.14. The summed E-state index contributed by atoms with van der Waals surface area (Å²) in [6.45, 7) is 0.147. The Labute approximate surface area is 122 Å². The smallest absolute Gasteiger partial charge is 0.326 e. The van der Waals surface area contributed by atoms with E-state index in [0.717, 1.165) is 5.56 Å². The molecule has 1 aromatic rings. The lowest BCUT2D eigenvalue weighted by atomic mass is 10.0. The van der Waals surface area contributed by atoms with E-state index in [1.807, 2.05) is 6.07 Å². The van der Waals surface area contributed by atoms with Gasteiger partial charge in [0.2, 0.25) is 5.91 Å². The SMILES string of the molecule is N#Cc1ccc(C[C@@H](C(=O)O)N2CC(CO)CC2=O)cc1. The Bertz CT molecular complexity index is 576. The van der Waals surface area contributed by atoms with Crippen molar-refractivity contribution in [3.05, 3.63) is 35.4 Å². The number of carbonyl (C=O) groups excluding carboxylic acids is 1. The zero-order valence-electron chi connectivity index (χ0n) is 11.4. The maximum atomic E-state index is 11.9. The van der Waals surface area contributed by atoms with Gasteiger partial charge in [-0.25, -0.2) is 4.79 Å². The van der Waals surface area contributed by atoms with Gasteiger partial charge in [-0.1, -0.05) is 12.1 Å². The Morgan fingerprint density at radius 3 is 2.57 bits per heavy atom. The Hall–Kier alpha value is -2.39. The third-order valence-corrected chi connectivity index (χ3v) is 3.67. The monoisotopic (exact) mass is 288 g/mol. The normalized spacial score (nSPS) is 19.3. The van der Waals surface area contributed by atoms with Gasteiger partial charge in [0.15, 0.2) is 0 Å². The van der Waals surface area contributed by atoms with Gasteiger partial charge >= 0.3 is 5.97 Å². The molecule has 110 valence electrons. The summed E-state index contributed by atoms with van der Waals surface area (Å²) in [4.78, 5) is 24.7. The fraction of sp³-hybridized carbons (Fsp3) is 0.400. The van der Waals surface area contributed by atoms with Gasteiger partial charge in [-0.05, 0) is 17.7 Å². The van der Waals surface area contributed by atoms with Crippen molar-refractivity contribution in [2.75, 3.05) is 13.2 Å². The van der Waals surface area contributed by atoms with Crippen LogP contribution in [0.5, 0.6) is 0 Å². The maximum Gasteiger partial charge on any atom is 0.326 e. The minimum Gasteiger partial charge on any atom is -0.480 e. The summed E-state index contributed by atoms with van der Waals surface area (Å²) in [6, 6.07) is 7.68. The van der Waals surface area contributed by atoms with Crippen LogP contribution >= 0.6 is 0 Å². The summed E-state index contributed by atoms with van der Waals surface area (Å²) >= 11 is 0. The molecule has 1 aliphatic heterocycles. The molecule has 1 aliphatic rings. The lowest BCUT2D eigenvalue weighted by Gasteiger charge is -2.24. The van der Waals surface area contributed by atoms with Gasteiger partial charge in [-0.15, -0.1) is 0 Å². The molecule has 1 heterocycles. The van der Waals surface area contributed by atoms with Crippen LogP contribution in [0.25, 0.3) is 0 Å². The van der Waals surface area contributed by atoms with Crippen LogP contribution in [0.4, 0.5) is 0 Å². The number of hydrogen-bond acceptors (Lipinski definition) is 4. The van der Waals surface area contributed by atoms with E-state index in [9.17, 15) is 14.7 Å². The number of nitriles is 1. The van der Waals surface area contributed by atoms with Crippen molar-refractivity contribution >= 4 is 11.9 Å². The largest absolute Gasteiger partial charge is 0.480 e. The number of nitrogens with zero attached hydrogens (tertiary/aromatic N) is 2. The van der Waals surface area contributed by atoms with E-state index in [4.69, 9.17) is 10.4 Å². The van der Waals surface area contributed by atoms with Gasteiger partial charge in [-0.2, -0.15) is 5.26 Å². The molecule has 0 aromatic heterocycles. The summed E-state index contributed by atoms with van der Waals surface area (Å²) in [7, 11) is 0. The molecule has 1 saturated heterocycles. The maximum absolute atomic E-state index is 11.9. The summed E-state index contributed by atoms with van der Waals surface area (Å²) in [5, 5.41) is 27.2. The summed E-state index contributed by atoms with van der Waals surface area (Å²) in [6.07, 6.45) is 0.374. The van der Waals surface area contributed by atoms with Crippen LogP contribution in [0.2, 0.25) is 0 Å². The van der Waals surface area contributed by atoms with E-state index in [1.165, 1.54) is 4.90 Å². The first-order valence-corrected chi connectivity index (χ1v) is 6.67. The second-order valence-corrected chi connectivity index (χ2v) is 5.17. The average Bonchev–Trinajstić information content (AvgIpc) is 2.86. The van der Waals surface area contributed by atoms with Crippen molar-refractivity contribution in [3.8, 4) is 6.07 Å². The van der Waals surface area contributed by atoms with Gasteiger partial charge in [-0.3, -0.25) is 4.79 Å². The van der Waals surface area contributed by atoms with Crippen LogP contribution in [0.15, 0.2) is 24.3 Å². The van der Waals surface area contributed by atoms with Crippen molar-refractivity contribution < 1.29 is 19.8 Å². The minimum atomic E-state index is -1.06. The summed E-state index contributed by atoms with van der Waals surface area (Å²) < 4.78 is 0. The third kappa shape index (κ3) is 3.38. The lowest BCUT2D eigenvalue weighted by Crippen LogP contribution is -2.43. The number of aliphatic hydroxyl groups is 1. The van der Waals surface area contributed by atoms with Crippen LogP contribution in [0, 0.1) is 17.2 Å². The lowest BCUT2D eigenvalue weighted by molar-refractivity contribution is -0.148. The molecule has 1 unspecified atom stereocenters. The summed E-state index contributed by atoms with van der Waals surface area (Å²) in [5.41, 5.74) is 1.25. The van der Waals surface area contributed by atoms with Gasteiger partial charge in [0.25, 0.3) is 0 Å². The van der Waals surface area contributed by atoms with Crippen LogP contribution in [0.3, 0.4) is 0 Å². The quantitative estimate of drug-likeness (QED) is 0.816. The van der Waals surface area contributed by atoms with E-state index in [1.54, 1.807) is 24.3 Å². The number of carbonyl (C=O) groups is 2. The standard InChI is InChI=1S/C15H16N2O4/c16-7-11-3-1-10(2-4-11)5-13(15(20)21)17-8-12(9-18)6-14(17)19/h1-4,12-13,18H,5-6,8-9H2,(H,20,21)/t12?,13-/m0/s1. The fourth-order valence-corrected chi connectivity index (χ4v) is 2.50. The number of rotatable bonds is 5. The molecular weight excluding hydrogens is 272 g/mol. The van der Waals surface area contributed by atoms with Crippen LogP contribution in [-0.2, 0) is 16.0 Å². The van der Waals surface area contributed by atoms with E-state index >= 15 is 0 Å². The Kier molecular flexibility index (Phi) is 4.55. The first kappa shape index (κ1) is 15.0. The van der Waals surface area contributed by atoms with E-state index in [-0.39, 0.29) is 37.8 Å². The molecule has 1 fully saturated rings. The van der Waals surface area contributed by atoms with Crippen LogP contribution in [0.1, 0.15) is 17.5 Å². The Morgan fingerprint density at radius 1 is 1.43 bits per heavy atom. The second kappa shape index (κ2) is 6.37. The molecular formula is C15H16N2O4. The molecule has 21 heavy (non-hydrogen) atoms. The topological polar surface area (TPSA) is 102 Å². The van der Waals surface area contributed by atoms with Crippen molar-refractivity contribution in [3.63, 3.8) is 0 Å². The number of amides is 1. The molecule has 2 atom stereocenters. The number of carboxylic acid groups (broad SMARTS) is 1. The van der Waals surface area contributed by atoms with Gasteiger partial charge in [0, 0.05) is 31.9 Å². The minimum absolute atomic E-state index is 0.120. The zero-order valence-corrected chi connectivity index (χ0v) is 11.4. The predicted octanol–water partition coefficient (Wildman–Crippen LogP) is 0.395. The number of aliphatic carboxylic acids is 1. The van der Waals surface area contributed by atoms with Crippen LogP contribution < -0.4 is 0 Å². The molecule has 0 bridgehead atoms. The number of benzene rings is 1. The van der Waals surface area contributed by atoms with Gasteiger partial charge in [0.1, 0.15) is 6.04 Å². The van der Waals surface area contributed by atoms with Gasteiger partial charge in [0.05, 0.1) is 11.6 Å². The van der Waals surface area contributed by atoms with Crippen molar-refractivity contribution in [1.29, 1.82) is 5.26 Å². The highest BCUT2D eigenvalue weighted by Gasteiger charge is 2.37. The number of hydrogen-bond donors (Lipinski definition) is 2. The predicted molar refractivity (Wildman–Crippen MR) is 73.2 cm³/mol. The number of carboxylic acids is 1. The molecule has 6 heteroatoms. The number of likely N-dealkylation sites (tertiary alicyclic amines) is 1. The highest BCUT2D eigenvalue weighted by atomic mass is 16.4. The molecule has 0 spiro atoms. The molecule has 1 aromatic carbocycles. The molecule has 0 aliphatic carbocycles. The molecule has 2 rings (SSSR count). The Morgan fingerprint density at radius 2 is 2.10 bits per heavy atom. The fourth-order valence-electron chi connectivity index (χ4n) is 2.50. The first-order valence-electron chi connectivity index (χ1n) is 6.67. The highest BCUT2D eigenvalue weighted by Crippen LogP contribution is 2.22. The summed E-state index contributed by atoms with van der Waals surface area (Å²) in [5.74, 6) is -1.50. The average molecular weight is 288 g/mol. The van der Waals surface area contributed by atoms with E-state index in [0.29, 0.717) is 5.56 Å². The van der Waals surface area contributed by atoms with E-state index < -0.39 is 12.0 Å². The van der Waals surface area contributed by atoms with Crippen molar-refractivity contribution in [2.45, 2.75) is 18.9 Å². The second-order valence-electron chi connectivity index (χ2n) is 5.17. The molecule has 0 saturated carbocycles. The zero-order chi connectivity index (χ0) is 15.4. The van der Waals surface area contributed by atoms with Crippen LogP contribution in [-0.4, -0.2) is 46.2 Å². The molecule has 1 amide bonds. The van der Waals surface area contributed by atoms with Gasteiger partial charge < -0.3 is 15.1 Å². The molecule has 2 N–H and O–H groups in total. The third-order valence-electron chi connectivity index (χ3n) is 3.67. The van der Waals surface area contributed by atoms with E-state index in [2.05, 4.69) is 0 Å². The number of aliphatic hydroxyl groups excluding tert-OH is 1. The van der Waals surface area contributed by atoms with Crippen molar-refractivity contribution in [1.82, 2.24) is 4.90 Å². The molecule has 0 radical (unpaired) electrons. The first-order chi connectivity index (χ1) is 10.0. The highest BCUT2D eigenvalue weighted by molar-refractivity contribution is 5.85. The molecule has 6 nitrogen and oxygen atoms in total. The van der Waals surface area contributed by atoms with Crippen molar-refractivity contribution in [2.24, 2.45) is 5.92 Å².